The van der Waals surface area contributed by atoms with Crippen LogP contribution in [0.5, 0.6) is 0 Å². The van der Waals surface area contributed by atoms with E-state index in [1.165, 1.54) is 22.6 Å². The minimum atomic E-state index is -0.123. The molecule has 5 rings (SSSR count). The highest BCUT2D eigenvalue weighted by Crippen LogP contribution is 2.38. The van der Waals surface area contributed by atoms with Crippen LogP contribution in [0.4, 0.5) is 5.00 Å². The number of nitrogens with one attached hydrogen (secondary N) is 1. The fourth-order valence-corrected chi connectivity index (χ4v) is 7.76. The number of benzene rings is 1. The fourth-order valence-electron chi connectivity index (χ4n) is 4.75. The van der Waals surface area contributed by atoms with Crippen LogP contribution in [-0.4, -0.2) is 54.3 Å². The Morgan fingerprint density at radius 2 is 1.83 bits per heavy atom. The number of aryl methyl sites for hydroxylation is 1. The number of rotatable bonds is 4. The predicted octanol–water partition coefficient (Wildman–Crippen LogP) is 5.81. The number of nitriles is 1. The molecule has 6 nitrogen and oxygen atoms in total. The molecule has 2 amide bonds. The highest BCUT2D eigenvalue weighted by atomic mass is 35.5. The van der Waals surface area contributed by atoms with Crippen molar-refractivity contribution < 1.29 is 9.59 Å². The van der Waals surface area contributed by atoms with Gasteiger partial charge in [-0.2, -0.15) is 5.26 Å². The van der Waals surface area contributed by atoms with E-state index < -0.39 is 0 Å². The molecule has 182 valence electrons. The molecule has 0 unspecified atom stereocenters. The first-order chi connectivity index (χ1) is 16.9. The molecule has 0 saturated carbocycles. The number of fused-ring (bicyclic) bond motifs is 2. The van der Waals surface area contributed by atoms with E-state index in [0.717, 1.165) is 41.3 Å². The number of anilines is 1. The largest absolute Gasteiger partial charge is 0.335 e. The van der Waals surface area contributed by atoms with Crippen LogP contribution >= 0.6 is 45.9 Å². The summed E-state index contributed by atoms with van der Waals surface area (Å²) in [6, 6.07) is 7.75. The van der Waals surface area contributed by atoms with Crippen LogP contribution in [0.3, 0.4) is 0 Å². The molecule has 3 heterocycles. The van der Waals surface area contributed by atoms with E-state index >= 15 is 0 Å². The Kier molecular flexibility index (Phi) is 7.33. The summed E-state index contributed by atoms with van der Waals surface area (Å²) < 4.78 is 0.892. The lowest BCUT2D eigenvalue weighted by molar-refractivity contribution is -0.117. The fraction of sp³-hybridized carbons (Fsp3) is 0.400. The topological polar surface area (TPSA) is 76.4 Å². The maximum atomic E-state index is 13.1. The summed E-state index contributed by atoms with van der Waals surface area (Å²) in [5, 5.41) is 15.3. The molecule has 1 aliphatic carbocycles. The average Bonchev–Trinajstić information content (AvgIpc) is 3.24. The van der Waals surface area contributed by atoms with E-state index in [1.807, 2.05) is 17.0 Å². The predicted molar refractivity (Wildman–Crippen MR) is 143 cm³/mol. The first kappa shape index (κ1) is 24.5. The summed E-state index contributed by atoms with van der Waals surface area (Å²) in [6.45, 7) is 2.47. The second kappa shape index (κ2) is 10.5. The second-order valence-electron chi connectivity index (χ2n) is 8.88. The highest BCUT2D eigenvalue weighted by molar-refractivity contribution is 7.21. The van der Waals surface area contributed by atoms with Gasteiger partial charge in [0, 0.05) is 46.2 Å². The van der Waals surface area contributed by atoms with E-state index in [4.69, 9.17) is 23.2 Å². The van der Waals surface area contributed by atoms with Crippen LogP contribution in [0.2, 0.25) is 10.0 Å². The van der Waals surface area contributed by atoms with Crippen molar-refractivity contribution in [1.82, 2.24) is 9.80 Å². The normalized spacial score (nSPS) is 16.5. The van der Waals surface area contributed by atoms with E-state index in [9.17, 15) is 14.9 Å². The Hall–Kier alpha value is -2.15. The van der Waals surface area contributed by atoms with Gasteiger partial charge in [-0.15, -0.1) is 22.7 Å². The molecule has 0 radical (unpaired) electrons. The molecule has 10 heteroatoms. The van der Waals surface area contributed by atoms with E-state index in [2.05, 4.69) is 11.4 Å². The molecule has 2 aliphatic rings. The Balaban J connectivity index is 1.19. The van der Waals surface area contributed by atoms with Gasteiger partial charge in [-0.1, -0.05) is 35.7 Å². The number of amides is 2. The van der Waals surface area contributed by atoms with Crippen molar-refractivity contribution >= 4 is 72.8 Å². The monoisotopic (exact) mass is 546 g/mol. The van der Waals surface area contributed by atoms with Gasteiger partial charge in [-0.25, -0.2) is 0 Å². The Labute approximate surface area is 222 Å². The third kappa shape index (κ3) is 5.07. The van der Waals surface area contributed by atoms with Crippen molar-refractivity contribution in [1.29, 1.82) is 5.26 Å². The maximum absolute atomic E-state index is 13.1. The zero-order chi connectivity index (χ0) is 24.5. The van der Waals surface area contributed by atoms with Crippen molar-refractivity contribution in [3.8, 4) is 6.07 Å². The number of hydrogen-bond donors (Lipinski definition) is 1. The summed E-state index contributed by atoms with van der Waals surface area (Å²) >= 11 is 15.5. The first-order valence-electron chi connectivity index (χ1n) is 11.7. The summed E-state index contributed by atoms with van der Waals surface area (Å²) in [6.07, 6.45) is 5.31. The molecule has 1 saturated heterocycles. The molecular weight excluding hydrogens is 523 g/mol. The zero-order valence-electron chi connectivity index (χ0n) is 19.0. The standard InChI is InChI=1S/C25H24Cl2N4O2S2/c26-15-6-7-17-20(12-15)34-23(22(17)27)25(33)31-10-8-30(9-11-31)14-21(32)29-24-18(13-28)16-4-2-1-3-5-19(16)35-24/h6-7,12H,1-5,8-11,14H2,(H,29,32). The molecule has 3 aromatic rings. The second-order valence-corrected chi connectivity index (χ2v) is 11.9. The summed E-state index contributed by atoms with van der Waals surface area (Å²) in [5.74, 6) is -0.211. The smallest absolute Gasteiger partial charge is 0.265 e. The van der Waals surface area contributed by atoms with Crippen molar-refractivity contribution in [3.63, 3.8) is 0 Å². The van der Waals surface area contributed by atoms with Crippen molar-refractivity contribution in [2.45, 2.75) is 32.1 Å². The van der Waals surface area contributed by atoms with Gasteiger partial charge in [0.2, 0.25) is 5.91 Å². The van der Waals surface area contributed by atoms with Gasteiger partial charge in [0.25, 0.3) is 5.91 Å². The third-order valence-corrected chi connectivity index (χ3v) is 9.69. The zero-order valence-corrected chi connectivity index (χ0v) is 22.2. The van der Waals surface area contributed by atoms with Crippen LogP contribution < -0.4 is 5.32 Å². The molecule has 0 spiro atoms. The lowest BCUT2D eigenvalue weighted by atomic mass is 10.1. The van der Waals surface area contributed by atoms with Crippen LogP contribution in [0.1, 0.15) is 44.9 Å². The molecule has 1 fully saturated rings. The van der Waals surface area contributed by atoms with Gasteiger partial charge >= 0.3 is 0 Å². The minimum Gasteiger partial charge on any atom is -0.335 e. The highest BCUT2D eigenvalue weighted by Gasteiger charge is 2.27. The van der Waals surface area contributed by atoms with E-state index in [0.29, 0.717) is 51.7 Å². The number of carbonyl (C=O) groups is 2. The third-order valence-electron chi connectivity index (χ3n) is 6.60. The molecule has 1 aromatic carbocycles. The SMILES string of the molecule is N#Cc1c(NC(=O)CN2CCN(C(=O)c3sc4cc(Cl)ccc4c3Cl)CC2)sc2c1CCCCC2. The van der Waals surface area contributed by atoms with Gasteiger partial charge in [-0.05, 0) is 43.4 Å². The van der Waals surface area contributed by atoms with Crippen LogP contribution in [0.25, 0.3) is 10.1 Å². The average molecular weight is 548 g/mol. The van der Waals surface area contributed by atoms with E-state index in [1.54, 1.807) is 22.3 Å². The van der Waals surface area contributed by atoms with E-state index in [-0.39, 0.29) is 18.4 Å². The molecule has 1 aliphatic heterocycles. The van der Waals surface area contributed by atoms with Gasteiger partial charge < -0.3 is 10.2 Å². The van der Waals surface area contributed by atoms with Crippen LogP contribution in [0, 0.1) is 11.3 Å². The lowest BCUT2D eigenvalue weighted by Gasteiger charge is -2.34. The van der Waals surface area contributed by atoms with Crippen LogP contribution in [-0.2, 0) is 17.6 Å². The molecule has 1 N–H and O–H groups in total. The number of piperazine rings is 1. The number of carbonyl (C=O) groups excluding carboxylic acids is 2. The Bertz CT molecular complexity index is 1340. The van der Waals surface area contributed by atoms with Gasteiger partial charge in [-0.3, -0.25) is 14.5 Å². The molecule has 2 aromatic heterocycles. The lowest BCUT2D eigenvalue weighted by Crippen LogP contribution is -2.50. The quantitative estimate of drug-likeness (QED) is 0.419. The number of thiophene rings is 2. The van der Waals surface area contributed by atoms with Crippen molar-refractivity contribution in [2.24, 2.45) is 0 Å². The summed E-state index contributed by atoms with van der Waals surface area (Å²) in [4.78, 5) is 31.5. The first-order valence-corrected chi connectivity index (χ1v) is 14.1. The molecule has 0 atom stereocenters. The summed E-state index contributed by atoms with van der Waals surface area (Å²) in [7, 11) is 0. The van der Waals surface area contributed by atoms with Gasteiger partial charge in [0.15, 0.2) is 0 Å². The molecule has 35 heavy (non-hydrogen) atoms. The maximum Gasteiger partial charge on any atom is 0.265 e. The minimum absolute atomic E-state index is 0.0878. The Morgan fingerprint density at radius 1 is 1.06 bits per heavy atom. The molecular formula is C25H24Cl2N4O2S2. The number of nitrogens with zero attached hydrogens (tertiary/aromatic N) is 3. The summed E-state index contributed by atoms with van der Waals surface area (Å²) in [5.41, 5.74) is 1.76. The van der Waals surface area contributed by atoms with Gasteiger partial charge in [0.1, 0.15) is 15.9 Å². The number of halogens is 2. The van der Waals surface area contributed by atoms with Crippen molar-refractivity contribution in [2.75, 3.05) is 38.0 Å². The van der Waals surface area contributed by atoms with Crippen molar-refractivity contribution in [3.05, 3.63) is 49.1 Å². The van der Waals surface area contributed by atoms with Gasteiger partial charge in [0.05, 0.1) is 17.1 Å². The Morgan fingerprint density at radius 3 is 2.60 bits per heavy atom. The molecule has 0 bridgehead atoms. The number of hydrogen-bond acceptors (Lipinski definition) is 6. The van der Waals surface area contributed by atoms with Crippen LogP contribution in [0.15, 0.2) is 18.2 Å².